The second-order valence-corrected chi connectivity index (χ2v) is 11.4. The van der Waals surface area contributed by atoms with E-state index in [1.807, 2.05) is 12.1 Å². The highest BCUT2D eigenvalue weighted by molar-refractivity contribution is 6.25. The molecule has 0 aliphatic heterocycles. The van der Waals surface area contributed by atoms with Gasteiger partial charge in [-0.25, -0.2) is 4.39 Å². The number of ketones is 3. The Bertz CT molecular complexity index is 1530. The molecule has 0 radical (unpaired) electrons. The van der Waals surface area contributed by atoms with Crippen molar-refractivity contribution in [2.24, 2.45) is 11.8 Å². The Labute approximate surface area is 236 Å². The maximum Gasteiger partial charge on any atom is 0.202 e. The van der Waals surface area contributed by atoms with Crippen LogP contribution < -0.4 is 5.32 Å². The molecular weight excluding hydrogens is 531 g/mol. The minimum absolute atomic E-state index is 0.0451. The van der Waals surface area contributed by atoms with Gasteiger partial charge in [0.2, 0.25) is 5.78 Å². The van der Waals surface area contributed by atoms with Crippen molar-refractivity contribution >= 4 is 28.8 Å². The number of carbonyl (C=O) groups is 3. The first kappa shape index (κ1) is 28.5. The standard InChI is InChI=1S/C31H33FN2O7/c1-14(13-32)33-18-7-5-16(6-8-18)19-9-10-22(36)25-20(19)11-17-12-21-26(34(3)4)28(38)23(15(2)35)29(39)31(21,41)30(40)24(17)27(25)37/h5-10,14,17,21,26,33,36-37,39,41H,11-13H2,1-4H3/t14?,17-,21-,26-,31+/m0/s1. The Balaban J connectivity index is 1.65. The van der Waals surface area contributed by atoms with Gasteiger partial charge in [-0.3, -0.25) is 19.3 Å². The van der Waals surface area contributed by atoms with E-state index in [-0.39, 0.29) is 35.8 Å². The number of hydrogen-bond acceptors (Lipinski definition) is 9. The summed E-state index contributed by atoms with van der Waals surface area (Å²) in [5.74, 6) is -5.97. The number of rotatable bonds is 6. The zero-order valence-corrected chi connectivity index (χ0v) is 23.2. The number of aromatic hydroxyl groups is 1. The molecule has 10 heteroatoms. The average molecular weight is 565 g/mol. The van der Waals surface area contributed by atoms with Crippen molar-refractivity contribution in [1.29, 1.82) is 0 Å². The summed E-state index contributed by atoms with van der Waals surface area (Å²) in [6.45, 7) is 2.27. The Morgan fingerprint density at radius 2 is 1.78 bits per heavy atom. The van der Waals surface area contributed by atoms with Crippen molar-refractivity contribution < 1.29 is 39.2 Å². The number of Topliss-reactive ketones (excluding diaryl/α,β-unsaturated/α-hetero) is 3. The van der Waals surface area contributed by atoms with E-state index in [1.54, 1.807) is 39.2 Å². The van der Waals surface area contributed by atoms with Gasteiger partial charge in [0.05, 0.1) is 17.6 Å². The molecular formula is C31H33FN2O7. The molecule has 3 aliphatic carbocycles. The van der Waals surface area contributed by atoms with Gasteiger partial charge >= 0.3 is 0 Å². The van der Waals surface area contributed by atoms with Gasteiger partial charge in [0.15, 0.2) is 17.2 Å². The van der Waals surface area contributed by atoms with Gasteiger partial charge in [-0.2, -0.15) is 0 Å². The maximum absolute atomic E-state index is 14.0. The number of fused-ring (bicyclic) bond motifs is 3. The number of alkyl halides is 1. The first-order valence-electron chi connectivity index (χ1n) is 13.5. The number of phenolic OH excluding ortho intramolecular Hbond substituents is 1. The summed E-state index contributed by atoms with van der Waals surface area (Å²) in [6, 6.07) is 8.94. The van der Waals surface area contributed by atoms with Crippen LogP contribution in [0.1, 0.15) is 31.4 Å². The number of aliphatic hydroxyl groups excluding tert-OH is 2. The first-order valence-corrected chi connectivity index (χ1v) is 13.5. The van der Waals surface area contributed by atoms with Crippen LogP contribution in [0.2, 0.25) is 0 Å². The second kappa shape index (κ2) is 10.1. The monoisotopic (exact) mass is 564 g/mol. The lowest BCUT2D eigenvalue weighted by Gasteiger charge is -2.50. The lowest BCUT2D eigenvalue weighted by atomic mass is 9.57. The lowest BCUT2D eigenvalue weighted by molar-refractivity contribution is -0.153. The molecule has 216 valence electrons. The zero-order valence-electron chi connectivity index (χ0n) is 23.2. The van der Waals surface area contributed by atoms with Gasteiger partial charge in [0, 0.05) is 17.2 Å². The number of nitrogens with zero attached hydrogens (tertiary/aromatic N) is 1. The number of halogens is 1. The number of phenols is 1. The van der Waals surface area contributed by atoms with Gasteiger partial charge in [0.1, 0.15) is 29.5 Å². The third-order valence-electron chi connectivity index (χ3n) is 8.55. The zero-order chi connectivity index (χ0) is 30.0. The smallest absolute Gasteiger partial charge is 0.202 e. The van der Waals surface area contributed by atoms with Gasteiger partial charge in [-0.15, -0.1) is 0 Å². The van der Waals surface area contributed by atoms with Crippen LogP contribution in [0.3, 0.4) is 0 Å². The number of benzene rings is 2. The molecule has 5 rings (SSSR count). The van der Waals surface area contributed by atoms with Crippen LogP contribution in [0.4, 0.5) is 10.1 Å². The topological polar surface area (TPSA) is 147 Å². The lowest BCUT2D eigenvalue weighted by Crippen LogP contribution is -2.65. The molecule has 0 heterocycles. The molecule has 41 heavy (non-hydrogen) atoms. The molecule has 5 N–H and O–H groups in total. The van der Waals surface area contributed by atoms with Crippen LogP contribution in [0, 0.1) is 11.8 Å². The van der Waals surface area contributed by atoms with E-state index in [0.717, 1.165) is 18.2 Å². The van der Waals surface area contributed by atoms with Crippen molar-refractivity contribution in [3.8, 4) is 16.9 Å². The van der Waals surface area contributed by atoms with E-state index in [0.29, 0.717) is 11.1 Å². The molecule has 2 aromatic rings. The Kier molecular flexibility index (Phi) is 7.03. The van der Waals surface area contributed by atoms with E-state index in [2.05, 4.69) is 5.32 Å². The van der Waals surface area contributed by atoms with Gasteiger partial charge in [-0.1, -0.05) is 18.2 Å². The number of aliphatic hydroxyl groups is 3. The summed E-state index contributed by atoms with van der Waals surface area (Å²) < 4.78 is 12.9. The minimum atomic E-state index is -2.60. The number of anilines is 1. The van der Waals surface area contributed by atoms with Crippen LogP contribution in [0.15, 0.2) is 53.3 Å². The third-order valence-corrected chi connectivity index (χ3v) is 8.55. The molecule has 5 atom stereocenters. The van der Waals surface area contributed by atoms with Gasteiger partial charge in [-0.05, 0) is 81.6 Å². The third kappa shape index (κ3) is 4.24. The minimum Gasteiger partial charge on any atom is -0.508 e. The normalized spacial score (nSPS) is 26.5. The van der Waals surface area contributed by atoms with E-state index >= 15 is 0 Å². The molecule has 0 amide bonds. The number of hydrogen-bond donors (Lipinski definition) is 5. The molecule has 9 nitrogen and oxygen atoms in total. The summed E-state index contributed by atoms with van der Waals surface area (Å²) >= 11 is 0. The first-order chi connectivity index (χ1) is 19.3. The summed E-state index contributed by atoms with van der Waals surface area (Å²) in [7, 11) is 3.19. The highest BCUT2D eigenvalue weighted by Gasteiger charge is 2.64. The fourth-order valence-corrected chi connectivity index (χ4v) is 6.69. The molecule has 3 aliphatic rings. The molecule has 1 fully saturated rings. The van der Waals surface area contributed by atoms with Crippen molar-refractivity contribution in [2.75, 3.05) is 26.1 Å². The predicted octanol–water partition coefficient (Wildman–Crippen LogP) is 3.50. The van der Waals surface area contributed by atoms with E-state index in [4.69, 9.17) is 0 Å². The van der Waals surface area contributed by atoms with Crippen LogP contribution in [-0.4, -0.2) is 81.1 Å². The van der Waals surface area contributed by atoms with Gasteiger partial charge in [0.25, 0.3) is 0 Å². The van der Waals surface area contributed by atoms with Crippen molar-refractivity contribution in [3.63, 3.8) is 0 Å². The predicted molar refractivity (Wildman–Crippen MR) is 150 cm³/mol. The highest BCUT2D eigenvalue weighted by Crippen LogP contribution is 2.53. The maximum atomic E-state index is 14.0. The largest absolute Gasteiger partial charge is 0.508 e. The summed E-state index contributed by atoms with van der Waals surface area (Å²) in [6.07, 6.45) is 0.248. The molecule has 0 saturated heterocycles. The van der Waals surface area contributed by atoms with Crippen LogP contribution in [-0.2, 0) is 20.8 Å². The van der Waals surface area contributed by atoms with Gasteiger partial charge < -0.3 is 25.7 Å². The fourth-order valence-electron chi connectivity index (χ4n) is 6.69. The highest BCUT2D eigenvalue weighted by atomic mass is 19.1. The Morgan fingerprint density at radius 1 is 1.12 bits per heavy atom. The summed E-state index contributed by atoms with van der Waals surface area (Å²) in [5, 5.41) is 48.1. The summed E-state index contributed by atoms with van der Waals surface area (Å²) in [4.78, 5) is 41.2. The van der Waals surface area contributed by atoms with E-state index in [9.17, 15) is 39.2 Å². The molecule has 0 aromatic heterocycles. The van der Waals surface area contributed by atoms with E-state index in [1.165, 1.54) is 11.0 Å². The average Bonchev–Trinajstić information content (AvgIpc) is 2.91. The fraction of sp³-hybridized carbons (Fsp3) is 0.387. The molecule has 2 aromatic carbocycles. The van der Waals surface area contributed by atoms with Crippen molar-refractivity contribution in [3.05, 3.63) is 64.4 Å². The van der Waals surface area contributed by atoms with Crippen molar-refractivity contribution in [2.45, 2.75) is 44.4 Å². The number of likely N-dealkylation sites (N-methyl/N-ethyl adjacent to an activating group) is 1. The van der Waals surface area contributed by atoms with Crippen LogP contribution in [0.5, 0.6) is 5.75 Å². The van der Waals surface area contributed by atoms with Crippen molar-refractivity contribution in [1.82, 2.24) is 4.90 Å². The Hall–Kier alpha value is -4.02. The molecule has 0 bridgehead atoms. The quantitative estimate of drug-likeness (QED) is 0.333. The van der Waals surface area contributed by atoms with Crippen LogP contribution >= 0.6 is 0 Å². The SMILES string of the molecule is CC(=O)C1=C(O)[C@@]2(O)C(=O)C3=C(O)c4c(O)ccc(-c5ccc(NC(C)CF)cc5)c4C[C@H]3C[C@H]2[C@H](N(C)C)C1=O. The molecule has 0 spiro atoms. The molecule has 1 saturated carbocycles. The van der Waals surface area contributed by atoms with E-state index < -0.39 is 64.6 Å². The summed E-state index contributed by atoms with van der Waals surface area (Å²) in [5.41, 5.74) is -0.577. The Morgan fingerprint density at radius 3 is 2.37 bits per heavy atom. The number of carbonyl (C=O) groups excluding carboxylic acids is 3. The number of nitrogens with one attached hydrogen (secondary N) is 1. The van der Waals surface area contributed by atoms with Crippen LogP contribution in [0.25, 0.3) is 16.9 Å². The molecule has 1 unspecified atom stereocenters. The second-order valence-electron chi connectivity index (χ2n) is 11.4.